The van der Waals surface area contributed by atoms with Crippen LogP contribution in [0, 0.1) is 11.6 Å². The number of nitrogens with zero attached hydrogens (tertiary/aromatic N) is 2. The number of carbonyl (C=O) groups is 1. The van der Waals surface area contributed by atoms with Crippen LogP contribution in [0.3, 0.4) is 0 Å². The lowest BCUT2D eigenvalue weighted by molar-refractivity contribution is 0.0692. The number of aryl methyl sites for hydroxylation is 1. The molecule has 0 fully saturated rings. The maximum absolute atomic E-state index is 13.7. The second kappa shape index (κ2) is 5.90. The number of aromatic carboxylic acids is 1. The maximum Gasteiger partial charge on any atom is 0.338 e. The molecule has 2 aromatic rings. The average molecular weight is 295 g/mol. The van der Waals surface area contributed by atoms with E-state index in [0.717, 1.165) is 11.6 Å². The van der Waals surface area contributed by atoms with Gasteiger partial charge in [-0.1, -0.05) is 0 Å². The molecule has 0 amide bonds. The lowest BCUT2D eigenvalue weighted by atomic mass is 10.1. The molecule has 1 aromatic heterocycles. The van der Waals surface area contributed by atoms with Crippen LogP contribution in [0.4, 0.5) is 14.5 Å². The van der Waals surface area contributed by atoms with Crippen LogP contribution in [0.2, 0.25) is 0 Å². The molecule has 1 aromatic carbocycles. The third-order valence-corrected chi connectivity index (χ3v) is 3.14. The van der Waals surface area contributed by atoms with Crippen molar-refractivity contribution in [2.24, 2.45) is 0 Å². The molecule has 0 bridgehead atoms. The molecule has 21 heavy (non-hydrogen) atoms. The largest absolute Gasteiger partial charge is 0.478 e. The van der Waals surface area contributed by atoms with Crippen LogP contribution < -0.4 is 5.32 Å². The van der Waals surface area contributed by atoms with Gasteiger partial charge >= 0.3 is 5.97 Å². The van der Waals surface area contributed by atoms with Crippen molar-refractivity contribution < 1.29 is 18.7 Å². The molecule has 7 heteroatoms. The minimum atomic E-state index is -1.44. The Hall–Kier alpha value is -2.44. The van der Waals surface area contributed by atoms with Crippen LogP contribution >= 0.6 is 0 Å². The van der Waals surface area contributed by atoms with E-state index in [-0.39, 0.29) is 11.7 Å². The molecule has 0 saturated heterocycles. The number of halogens is 2. The number of rotatable bonds is 5. The molecule has 1 atom stereocenters. The van der Waals surface area contributed by atoms with Gasteiger partial charge in [0, 0.05) is 24.4 Å². The first-order valence-electron chi connectivity index (χ1n) is 6.43. The van der Waals surface area contributed by atoms with Gasteiger partial charge in [-0.2, -0.15) is 5.10 Å². The zero-order valence-corrected chi connectivity index (χ0v) is 11.6. The SMILES string of the molecule is CCn1cc(C(C)Nc2cc(C(=O)O)c(F)cc2F)cn1. The van der Waals surface area contributed by atoms with E-state index >= 15 is 0 Å². The van der Waals surface area contributed by atoms with Crippen molar-refractivity contribution in [1.82, 2.24) is 9.78 Å². The van der Waals surface area contributed by atoms with Crippen molar-refractivity contribution in [3.8, 4) is 0 Å². The Balaban J connectivity index is 2.26. The number of hydrogen-bond donors (Lipinski definition) is 2. The fourth-order valence-electron chi connectivity index (χ4n) is 1.92. The fourth-order valence-corrected chi connectivity index (χ4v) is 1.92. The van der Waals surface area contributed by atoms with Gasteiger partial charge < -0.3 is 10.4 Å². The van der Waals surface area contributed by atoms with E-state index in [0.29, 0.717) is 12.6 Å². The van der Waals surface area contributed by atoms with Gasteiger partial charge in [-0.25, -0.2) is 13.6 Å². The molecule has 2 rings (SSSR count). The van der Waals surface area contributed by atoms with E-state index in [4.69, 9.17) is 5.11 Å². The van der Waals surface area contributed by atoms with Gasteiger partial charge in [-0.15, -0.1) is 0 Å². The Morgan fingerprint density at radius 1 is 1.43 bits per heavy atom. The number of benzene rings is 1. The second-order valence-electron chi connectivity index (χ2n) is 4.61. The molecule has 0 aliphatic heterocycles. The lowest BCUT2D eigenvalue weighted by Crippen LogP contribution is -2.10. The van der Waals surface area contributed by atoms with Crippen LogP contribution in [0.1, 0.15) is 35.8 Å². The molecule has 5 nitrogen and oxygen atoms in total. The number of nitrogens with one attached hydrogen (secondary N) is 1. The Morgan fingerprint density at radius 3 is 2.71 bits per heavy atom. The molecule has 0 radical (unpaired) electrons. The van der Waals surface area contributed by atoms with E-state index < -0.39 is 23.2 Å². The first-order valence-corrected chi connectivity index (χ1v) is 6.43. The summed E-state index contributed by atoms with van der Waals surface area (Å²) in [6.45, 7) is 4.43. The number of anilines is 1. The first-order chi connectivity index (χ1) is 9.92. The van der Waals surface area contributed by atoms with Crippen LogP contribution in [-0.2, 0) is 6.54 Å². The third kappa shape index (κ3) is 3.18. The molecular formula is C14H15F2N3O2. The molecule has 1 heterocycles. The standard InChI is InChI=1S/C14H15F2N3O2/c1-3-19-7-9(6-17-19)8(2)18-13-4-10(14(20)21)11(15)5-12(13)16/h4-8,18H,3H2,1-2H3,(H,20,21). The minimum Gasteiger partial charge on any atom is -0.478 e. The fraction of sp³-hybridized carbons (Fsp3) is 0.286. The van der Waals surface area contributed by atoms with Crippen molar-refractivity contribution in [2.45, 2.75) is 26.4 Å². The van der Waals surface area contributed by atoms with Crippen LogP contribution in [0.5, 0.6) is 0 Å². The van der Waals surface area contributed by atoms with Gasteiger partial charge in [-0.3, -0.25) is 4.68 Å². The highest BCUT2D eigenvalue weighted by atomic mass is 19.1. The quantitative estimate of drug-likeness (QED) is 0.889. The summed E-state index contributed by atoms with van der Waals surface area (Å²) in [6, 6.07) is 1.22. The van der Waals surface area contributed by atoms with Crippen molar-refractivity contribution in [2.75, 3.05) is 5.32 Å². The van der Waals surface area contributed by atoms with Crippen LogP contribution in [0.25, 0.3) is 0 Å². The average Bonchev–Trinajstić information content (AvgIpc) is 2.90. The smallest absolute Gasteiger partial charge is 0.338 e. The first kappa shape index (κ1) is 15.0. The minimum absolute atomic E-state index is 0.0643. The van der Waals surface area contributed by atoms with Gasteiger partial charge in [0.2, 0.25) is 0 Å². The normalized spacial score (nSPS) is 12.2. The predicted octanol–water partition coefficient (Wildman–Crippen LogP) is 3.05. The third-order valence-electron chi connectivity index (χ3n) is 3.14. The summed E-state index contributed by atoms with van der Waals surface area (Å²) in [5.41, 5.74) is 0.179. The summed E-state index contributed by atoms with van der Waals surface area (Å²) < 4.78 is 28.8. The molecule has 0 aliphatic rings. The summed E-state index contributed by atoms with van der Waals surface area (Å²) in [5, 5.41) is 15.8. The summed E-state index contributed by atoms with van der Waals surface area (Å²) in [4.78, 5) is 10.9. The monoisotopic (exact) mass is 295 g/mol. The highest BCUT2D eigenvalue weighted by molar-refractivity contribution is 5.89. The summed E-state index contributed by atoms with van der Waals surface area (Å²) in [7, 11) is 0. The highest BCUT2D eigenvalue weighted by Crippen LogP contribution is 2.24. The molecular weight excluding hydrogens is 280 g/mol. The summed E-state index contributed by atoms with van der Waals surface area (Å²) in [6.07, 6.45) is 3.44. The lowest BCUT2D eigenvalue weighted by Gasteiger charge is -2.15. The molecule has 1 unspecified atom stereocenters. The van der Waals surface area contributed by atoms with Gasteiger partial charge in [0.15, 0.2) is 0 Å². The van der Waals surface area contributed by atoms with Crippen molar-refractivity contribution in [3.63, 3.8) is 0 Å². The zero-order chi connectivity index (χ0) is 15.6. The van der Waals surface area contributed by atoms with Crippen molar-refractivity contribution >= 4 is 11.7 Å². The van der Waals surface area contributed by atoms with E-state index in [2.05, 4.69) is 10.4 Å². The van der Waals surface area contributed by atoms with Gasteiger partial charge in [0.1, 0.15) is 11.6 Å². The van der Waals surface area contributed by atoms with E-state index in [1.807, 2.05) is 6.92 Å². The molecule has 0 aliphatic carbocycles. The maximum atomic E-state index is 13.7. The molecule has 0 spiro atoms. The van der Waals surface area contributed by atoms with Gasteiger partial charge in [-0.05, 0) is 19.9 Å². The second-order valence-corrected chi connectivity index (χ2v) is 4.61. The predicted molar refractivity (Wildman–Crippen MR) is 73.3 cm³/mol. The van der Waals surface area contributed by atoms with Gasteiger partial charge in [0.25, 0.3) is 0 Å². The van der Waals surface area contributed by atoms with Crippen LogP contribution in [0.15, 0.2) is 24.5 Å². The Bertz CT molecular complexity index is 670. The molecule has 2 N–H and O–H groups in total. The number of carboxylic acid groups (broad SMARTS) is 1. The number of aromatic nitrogens is 2. The van der Waals surface area contributed by atoms with E-state index in [1.54, 1.807) is 24.0 Å². The van der Waals surface area contributed by atoms with Crippen LogP contribution in [-0.4, -0.2) is 20.9 Å². The zero-order valence-electron chi connectivity index (χ0n) is 11.6. The summed E-state index contributed by atoms with van der Waals surface area (Å²) in [5.74, 6) is -3.38. The van der Waals surface area contributed by atoms with Crippen molar-refractivity contribution in [1.29, 1.82) is 0 Å². The Morgan fingerprint density at radius 2 is 2.14 bits per heavy atom. The van der Waals surface area contributed by atoms with E-state index in [1.165, 1.54) is 0 Å². The van der Waals surface area contributed by atoms with Crippen molar-refractivity contribution in [3.05, 3.63) is 47.3 Å². The summed E-state index contributed by atoms with van der Waals surface area (Å²) >= 11 is 0. The Labute approximate surface area is 120 Å². The highest BCUT2D eigenvalue weighted by Gasteiger charge is 2.17. The van der Waals surface area contributed by atoms with E-state index in [9.17, 15) is 13.6 Å². The Kier molecular flexibility index (Phi) is 4.21. The molecule has 112 valence electrons. The number of hydrogen-bond acceptors (Lipinski definition) is 3. The topological polar surface area (TPSA) is 67.2 Å². The molecule has 0 saturated carbocycles. The number of carboxylic acids is 1. The van der Waals surface area contributed by atoms with Gasteiger partial charge in [0.05, 0.1) is 23.5 Å².